The highest BCUT2D eigenvalue weighted by molar-refractivity contribution is 9.09. The predicted molar refractivity (Wildman–Crippen MR) is 174 cm³/mol. The Balaban J connectivity index is 1.30. The highest BCUT2D eigenvalue weighted by atomic mass is 79.9. The second-order valence-electron chi connectivity index (χ2n) is 10.0. The van der Waals surface area contributed by atoms with Crippen LogP contribution in [0.3, 0.4) is 0 Å². The molecule has 44 heavy (non-hydrogen) atoms. The molecule has 0 saturated carbocycles. The zero-order valence-corrected chi connectivity index (χ0v) is 25.1. The number of hydrogen-bond donors (Lipinski definition) is 3. The van der Waals surface area contributed by atoms with Crippen molar-refractivity contribution >= 4 is 39.4 Å². The van der Waals surface area contributed by atoms with Crippen LogP contribution >= 0.6 is 15.9 Å². The first kappa shape index (κ1) is 30.3. The highest BCUT2D eigenvalue weighted by Crippen LogP contribution is 2.34. The molecule has 8 heteroatoms. The van der Waals surface area contributed by atoms with Crippen molar-refractivity contribution in [3.8, 4) is 22.6 Å². The molecule has 7 nitrogen and oxygen atoms in total. The first-order valence-corrected chi connectivity index (χ1v) is 14.8. The minimum absolute atomic E-state index is 0.284. The molecule has 0 aliphatic heterocycles. The van der Waals surface area contributed by atoms with Gasteiger partial charge in [-0.3, -0.25) is 14.4 Å². The fraction of sp³-hybridized carbons (Fsp3) is 0.0833. The van der Waals surface area contributed by atoms with Crippen LogP contribution in [0.1, 0.15) is 38.8 Å². The van der Waals surface area contributed by atoms with E-state index in [0.717, 1.165) is 16.7 Å². The van der Waals surface area contributed by atoms with Gasteiger partial charge in [0.1, 0.15) is 16.3 Å². The molecule has 2 unspecified atom stereocenters. The van der Waals surface area contributed by atoms with Gasteiger partial charge in [0.2, 0.25) is 5.91 Å². The second kappa shape index (κ2) is 14.3. The summed E-state index contributed by atoms with van der Waals surface area (Å²) in [4.78, 5) is 37.2. The van der Waals surface area contributed by atoms with E-state index in [1.54, 1.807) is 36.4 Å². The molecule has 0 fully saturated rings. The van der Waals surface area contributed by atoms with Gasteiger partial charge in [0.25, 0.3) is 5.91 Å². The van der Waals surface area contributed by atoms with Crippen LogP contribution in [0.2, 0.25) is 0 Å². The van der Waals surface area contributed by atoms with Gasteiger partial charge in [-0.2, -0.15) is 0 Å². The van der Waals surface area contributed by atoms with Crippen LogP contribution in [0.25, 0.3) is 11.1 Å². The average molecular weight is 650 g/mol. The summed E-state index contributed by atoms with van der Waals surface area (Å²) < 4.78 is 6.10. The number of hydrogen-bond acceptors (Lipinski definition) is 4. The molecule has 0 bridgehead atoms. The van der Waals surface area contributed by atoms with Crippen molar-refractivity contribution in [3.63, 3.8) is 0 Å². The number of anilines is 1. The molecule has 0 heterocycles. The lowest BCUT2D eigenvalue weighted by Gasteiger charge is -2.19. The molecular formula is C36H29BrN2O5. The van der Waals surface area contributed by atoms with Crippen LogP contribution in [-0.4, -0.2) is 22.9 Å². The van der Waals surface area contributed by atoms with Crippen molar-refractivity contribution in [1.29, 1.82) is 0 Å². The number of nitrogens with one attached hydrogen (secondary N) is 2. The highest BCUT2D eigenvalue weighted by Gasteiger charge is 2.21. The van der Waals surface area contributed by atoms with Gasteiger partial charge in [0.15, 0.2) is 0 Å². The van der Waals surface area contributed by atoms with E-state index in [9.17, 15) is 19.5 Å². The number of halogens is 1. The Hall–Kier alpha value is -5.21. The molecule has 2 atom stereocenters. The first-order valence-electron chi connectivity index (χ1n) is 13.9. The minimum Gasteiger partial charge on any atom is -0.481 e. The van der Waals surface area contributed by atoms with E-state index in [1.165, 1.54) is 0 Å². The number of benzene rings is 5. The van der Waals surface area contributed by atoms with Crippen LogP contribution in [0.4, 0.5) is 5.69 Å². The first-order chi connectivity index (χ1) is 21.4. The molecule has 3 N–H and O–H groups in total. The van der Waals surface area contributed by atoms with Crippen molar-refractivity contribution in [3.05, 3.63) is 150 Å². The monoisotopic (exact) mass is 648 g/mol. The van der Waals surface area contributed by atoms with Gasteiger partial charge in [-0.05, 0) is 53.1 Å². The average Bonchev–Trinajstić information content (AvgIpc) is 3.05. The van der Waals surface area contributed by atoms with Crippen LogP contribution < -0.4 is 15.4 Å². The molecule has 0 radical (unpaired) electrons. The number of ether oxygens (including phenoxy) is 1. The quantitative estimate of drug-likeness (QED) is 0.125. The van der Waals surface area contributed by atoms with E-state index in [2.05, 4.69) is 26.6 Å². The lowest BCUT2D eigenvalue weighted by Crippen LogP contribution is -2.30. The SMILES string of the molecule is O=C(O)CC(NC(=O)c1cccc(NC(=O)C(Br)c2ccccc2)c1)c1ccc(-c2ccccc2Oc2ccccc2)cc1. The Morgan fingerprint density at radius 3 is 2.09 bits per heavy atom. The molecule has 0 aliphatic carbocycles. The van der Waals surface area contributed by atoms with Crippen molar-refractivity contribution in [2.75, 3.05) is 5.32 Å². The summed E-state index contributed by atoms with van der Waals surface area (Å²) in [6.07, 6.45) is -0.308. The second-order valence-corrected chi connectivity index (χ2v) is 10.9. The minimum atomic E-state index is -1.05. The van der Waals surface area contributed by atoms with E-state index in [0.29, 0.717) is 22.7 Å². The third kappa shape index (κ3) is 7.79. The maximum atomic E-state index is 13.3. The molecule has 5 aromatic rings. The summed E-state index contributed by atoms with van der Waals surface area (Å²) in [5.41, 5.74) is 3.92. The summed E-state index contributed by atoms with van der Waals surface area (Å²) in [6.45, 7) is 0. The summed E-state index contributed by atoms with van der Waals surface area (Å²) in [5, 5.41) is 15.3. The number of carbonyl (C=O) groups is 3. The van der Waals surface area contributed by atoms with E-state index < -0.39 is 22.7 Å². The van der Waals surface area contributed by atoms with E-state index in [1.807, 2.05) is 97.1 Å². The van der Waals surface area contributed by atoms with Gasteiger partial charge in [-0.1, -0.05) is 113 Å². The molecule has 5 rings (SSSR count). The van der Waals surface area contributed by atoms with Crippen molar-refractivity contribution < 1.29 is 24.2 Å². The van der Waals surface area contributed by atoms with Crippen LogP contribution in [0.5, 0.6) is 11.5 Å². The van der Waals surface area contributed by atoms with Gasteiger partial charge < -0.3 is 20.5 Å². The van der Waals surface area contributed by atoms with Gasteiger partial charge in [0, 0.05) is 16.8 Å². The standard InChI is InChI=1S/C36H29BrN2O5/c37-34(26-10-3-1-4-11-26)36(43)38-28-13-9-12-27(22-28)35(42)39-31(23-33(40)41)25-20-18-24(19-21-25)30-16-7-8-17-32(30)44-29-14-5-2-6-15-29/h1-22,31,34H,23H2,(H,38,43)(H,39,42)(H,40,41). The molecule has 5 aromatic carbocycles. The van der Waals surface area contributed by atoms with E-state index in [-0.39, 0.29) is 17.9 Å². The predicted octanol–water partition coefficient (Wildman–Crippen LogP) is 8.17. The lowest BCUT2D eigenvalue weighted by molar-refractivity contribution is -0.137. The smallest absolute Gasteiger partial charge is 0.305 e. The van der Waals surface area contributed by atoms with Crippen molar-refractivity contribution in [2.24, 2.45) is 0 Å². The molecule has 0 spiro atoms. The van der Waals surface area contributed by atoms with Crippen molar-refractivity contribution in [1.82, 2.24) is 5.32 Å². The van der Waals surface area contributed by atoms with Crippen LogP contribution in [-0.2, 0) is 9.59 Å². The number of aliphatic carboxylic acids is 1. The Morgan fingerprint density at radius 1 is 0.727 bits per heavy atom. The number of rotatable bonds is 11. The van der Waals surface area contributed by atoms with E-state index >= 15 is 0 Å². The van der Waals surface area contributed by atoms with Gasteiger partial charge in [0.05, 0.1) is 12.5 Å². The van der Waals surface area contributed by atoms with Gasteiger partial charge in [-0.15, -0.1) is 0 Å². The van der Waals surface area contributed by atoms with Crippen molar-refractivity contribution in [2.45, 2.75) is 17.3 Å². The Kier molecular flexibility index (Phi) is 9.84. The summed E-state index contributed by atoms with van der Waals surface area (Å²) in [6, 6.07) is 39.5. The van der Waals surface area contributed by atoms with Crippen LogP contribution in [0, 0.1) is 0 Å². The maximum absolute atomic E-state index is 13.3. The fourth-order valence-electron chi connectivity index (χ4n) is 4.69. The lowest BCUT2D eigenvalue weighted by atomic mass is 9.98. The Bertz CT molecular complexity index is 1740. The molecule has 0 aliphatic rings. The number of alkyl halides is 1. The maximum Gasteiger partial charge on any atom is 0.305 e. The zero-order valence-electron chi connectivity index (χ0n) is 23.5. The van der Waals surface area contributed by atoms with E-state index in [4.69, 9.17) is 4.74 Å². The fourth-order valence-corrected chi connectivity index (χ4v) is 5.11. The largest absolute Gasteiger partial charge is 0.481 e. The third-order valence-corrected chi connectivity index (χ3v) is 7.83. The van der Waals surface area contributed by atoms with Gasteiger partial charge >= 0.3 is 5.97 Å². The molecule has 220 valence electrons. The zero-order chi connectivity index (χ0) is 30.9. The number of carboxylic acids is 1. The topological polar surface area (TPSA) is 105 Å². The molecular weight excluding hydrogens is 620 g/mol. The number of carbonyl (C=O) groups excluding carboxylic acids is 2. The summed E-state index contributed by atoms with van der Waals surface area (Å²) in [5.74, 6) is -0.396. The normalized spacial score (nSPS) is 12.0. The number of amides is 2. The summed E-state index contributed by atoms with van der Waals surface area (Å²) >= 11 is 3.42. The molecule has 0 aromatic heterocycles. The van der Waals surface area contributed by atoms with Gasteiger partial charge in [-0.25, -0.2) is 0 Å². The summed E-state index contributed by atoms with van der Waals surface area (Å²) in [7, 11) is 0. The molecule has 2 amide bonds. The Labute approximate surface area is 263 Å². The number of carboxylic acid groups (broad SMARTS) is 1. The molecule has 0 saturated heterocycles. The van der Waals surface area contributed by atoms with Crippen LogP contribution in [0.15, 0.2) is 133 Å². The number of para-hydroxylation sites is 2. The Morgan fingerprint density at radius 2 is 1.39 bits per heavy atom. The third-order valence-electron chi connectivity index (χ3n) is 6.88.